The van der Waals surface area contributed by atoms with Gasteiger partial charge in [0.2, 0.25) is 0 Å². The first-order chi connectivity index (χ1) is 11.8. The van der Waals surface area contributed by atoms with E-state index in [9.17, 15) is 0 Å². The van der Waals surface area contributed by atoms with Gasteiger partial charge in [0, 0.05) is 17.8 Å². The fourth-order valence-corrected chi connectivity index (χ4v) is 4.34. The number of hydrogen-bond acceptors (Lipinski definition) is 6. The van der Waals surface area contributed by atoms with Crippen LogP contribution in [0.3, 0.4) is 0 Å². The second-order valence-corrected chi connectivity index (χ2v) is 7.82. The van der Waals surface area contributed by atoms with Gasteiger partial charge in [-0.05, 0) is 49.9 Å². The van der Waals surface area contributed by atoms with Crippen LogP contribution in [0.1, 0.15) is 24.3 Å². The summed E-state index contributed by atoms with van der Waals surface area (Å²) in [4.78, 5) is 11.0. The van der Waals surface area contributed by atoms with Crippen LogP contribution in [-0.2, 0) is 11.3 Å². The highest BCUT2D eigenvalue weighted by Crippen LogP contribution is 2.42. The number of likely N-dealkylation sites (tertiary alicyclic amines) is 1. The third-order valence-electron chi connectivity index (χ3n) is 5.12. The second kappa shape index (κ2) is 7.17. The number of rotatable bonds is 5. The summed E-state index contributed by atoms with van der Waals surface area (Å²) >= 11 is 1.75. The average Bonchev–Trinajstić information content (AvgIpc) is 3.27. The van der Waals surface area contributed by atoms with Gasteiger partial charge in [-0.1, -0.05) is 0 Å². The van der Waals surface area contributed by atoms with Crippen LogP contribution < -0.4 is 4.74 Å². The van der Waals surface area contributed by atoms with E-state index < -0.39 is 0 Å². The summed E-state index contributed by atoms with van der Waals surface area (Å²) in [5.41, 5.74) is 0.350. The maximum absolute atomic E-state index is 6.03. The predicted octanol–water partition coefficient (Wildman–Crippen LogP) is 2.99. The molecule has 0 amide bonds. The molecule has 2 aromatic heterocycles. The highest BCUT2D eigenvalue weighted by Gasteiger charge is 2.42. The maximum atomic E-state index is 6.03. The van der Waals surface area contributed by atoms with Crippen molar-refractivity contribution in [2.75, 3.05) is 26.3 Å². The van der Waals surface area contributed by atoms with E-state index in [4.69, 9.17) is 9.47 Å². The molecule has 1 atom stereocenters. The molecule has 4 heterocycles. The van der Waals surface area contributed by atoms with E-state index in [-0.39, 0.29) is 6.10 Å². The molecule has 0 unspecified atom stereocenters. The summed E-state index contributed by atoms with van der Waals surface area (Å²) in [5.74, 6) is 0.820. The van der Waals surface area contributed by atoms with Crippen LogP contribution in [0.4, 0.5) is 0 Å². The Kier molecular flexibility index (Phi) is 4.78. The molecule has 2 aliphatic heterocycles. The highest BCUT2D eigenvalue weighted by molar-refractivity contribution is 7.09. The van der Waals surface area contributed by atoms with E-state index in [1.165, 1.54) is 17.8 Å². The molecule has 1 spiro atoms. The molecule has 2 aliphatic rings. The zero-order chi connectivity index (χ0) is 16.2. The molecular formula is C18H23N3O2S. The summed E-state index contributed by atoms with van der Waals surface area (Å²) in [5, 5.41) is 3.27. The Balaban J connectivity index is 1.24. The molecule has 0 bridgehead atoms. The first-order valence-corrected chi connectivity index (χ1v) is 9.45. The SMILES string of the molecule is c1cncc(OC[C@H]2CC3(CCN(Cc4nccs4)CC3)CO2)c1. The minimum Gasteiger partial charge on any atom is -0.489 e. The Labute approximate surface area is 146 Å². The van der Waals surface area contributed by atoms with Crippen molar-refractivity contribution in [3.8, 4) is 5.75 Å². The van der Waals surface area contributed by atoms with Gasteiger partial charge < -0.3 is 9.47 Å². The molecule has 2 aromatic rings. The topological polar surface area (TPSA) is 47.5 Å². The van der Waals surface area contributed by atoms with Crippen molar-refractivity contribution in [1.29, 1.82) is 0 Å². The molecule has 24 heavy (non-hydrogen) atoms. The van der Waals surface area contributed by atoms with Gasteiger partial charge in [-0.25, -0.2) is 4.98 Å². The van der Waals surface area contributed by atoms with E-state index in [1.807, 2.05) is 18.3 Å². The number of pyridine rings is 1. The number of ether oxygens (including phenoxy) is 2. The van der Waals surface area contributed by atoms with Gasteiger partial charge in [0.05, 0.1) is 25.5 Å². The summed E-state index contributed by atoms with van der Waals surface area (Å²) in [6.45, 7) is 4.76. The fourth-order valence-electron chi connectivity index (χ4n) is 3.68. The molecule has 0 aliphatic carbocycles. The number of piperidine rings is 1. The zero-order valence-corrected chi connectivity index (χ0v) is 14.6. The summed E-state index contributed by atoms with van der Waals surface area (Å²) in [6, 6.07) is 3.83. The average molecular weight is 345 g/mol. The lowest BCUT2D eigenvalue weighted by Gasteiger charge is -2.38. The molecule has 0 radical (unpaired) electrons. The molecule has 0 N–H and O–H groups in total. The summed E-state index contributed by atoms with van der Waals surface area (Å²) < 4.78 is 11.8. The normalized spacial score (nSPS) is 23.6. The standard InChI is InChI=1S/C18H23N3O2S/c1-2-15(11-19-5-1)22-13-16-10-18(14-23-16)3-7-21(8-4-18)12-17-20-6-9-24-17/h1-2,5-6,9,11,16H,3-4,7-8,10,12-14H2/t16-/m1/s1. The highest BCUT2D eigenvalue weighted by atomic mass is 32.1. The van der Waals surface area contributed by atoms with E-state index in [2.05, 4.69) is 20.2 Å². The van der Waals surface area contributed by atoms with Gasteiger partial charge in [0.25, 0.3) is 0 Å². The largest absolute Gasteiger partial charge is 0.489 e. The van der Waals surface area contributed by atoms with Gasteiger partial charge in [-0.15, -0.1) is 11.3 Å². The van der Waals surface area contributed by atoms with Crippen LogP contribution in [0.25, 0.3) is 0 Å². The first-order valence-electron chi connectivity index (χ1n) is 8.57. The van der Waals surface area contributed by atoms with Crippen molar-refractivity contribution < 1.29 is 9.47 Å². The lowest BCUT2D eigenvalue weighted by atomic mass is 9.77. The van der Waals surface area contributed by atoms with Gasteiger partial charge in [0.15, 0.2) is 0 Å². The quantitative estimate of drug-likeness (QED) is 0.834. The minimum atomic E-state index is 0.204. The Morgan fingerprint density at radius 1 is 1.33 bits per heavy atom. The van der Waals surface area contributed by atoms with Crippen LogP contribution >= 0.6 is 11.3 Å². The summed E-state index contributed by atoms with van der Waals surface area (Å²) in [7, 11) is 0. The van der Waals surface area contributed by atoms with Crippen LogP contribution in [0.5, 0.6) is 5.75 Å². The Hall–Kier alpha value is -1.50. The van der Waals surface area contributed by atoms with Crippen molar-refractivity contribution in [3.63, 3.8) is 0 Å². The van der Waals surface area contributed by atoms with E-state index >= 15 is 0 Å². The predicted molar refractivity (Wildman–Crippen MR) is 93.1 cm³/mol. The third kappa shape index (κ3) is 3.77. The molecule has 2 fully saturated rings. The Morgan fingerprint density at radius 3 is 3.00 bits per heavy atom. The number of thiazole rings is 1. The molecule has 0 aromatic carbocycles. The monoisotopic (exact) mass is 345 g/mol. The molecule has 5 nitrogen and oxygen atoms in total. The zero-order valence-electron chi connectivity index (χ0n) is 13.8. The van der Waals surface area contributed by atoms with Crippen LogP contribution in [0, 0.1) is 5.41 Å². The maximum Gasteiger partial charge on any atom is 0.137 e. The van der Waals surface area contributed by atoms with Crippen LogP contribution in [0.15, 0.2) is 36.1 Å². The van der Waals surface area contributed by atoms with Crippen molar-refractivity contribution in [2.45, 2.75) is 31.9 Å². The van der Waals surface area contributed by atoms with Gasteiger partial charge in [-0.3, -0.25) is 9.88 Å². The van der Waals surface area contributed by atoms with E-state index in [0.29, 0.717) is 12.0 Å². The van der Waals surface area contributed by atoms with E-state index in [1.54, 1.807) is 23.7 Å². The smallest absolute Gasteiger partial charge is 0.137 e. The molecule has 0 saturated carbocycles. The molecule has 4 rings (SSSR count). The van der Waals surface area contributed by atoms with Crippen LogP contribution in [0.2, 0.25) is 0 Å². The molecule has 2 saturated heterocycles. The fraction of sp³-hybridized carbons (Fsp3) is 0.556. The molecule has 128 valence electrons. The summed E-state index contributed by atoms with van der Waals surface area (Å²) in [6.07, 6.45) is 9.14. The Morgan fingerprint density at radius 2 is 2.25 bits per heavy atom. The van der Waals surface area contributed by atoms with E-state index in [0.717, 1.165) is 38.4 Å². The Bertz CT molecular complexity index is 627. The van der Waals surface area contributed by atoms with Gasteiger partial charge >= 0.3 is 0 Å². The van der Waals surface area contributed by atoms with Crippen LogP contribution in [-0.4, -0.2) is 47.3 Å². The van der Waals surface area contributed by atoms with Crippen molar-refractivity contribution in [3.05, 3.63) is 41.1 Å². The number of aromatic nitrogens is 2. The van der Waals surface area contributed by atoms with Crippen molar-refractivity contribution in [1.82, 2.24) is 14.9 Å². The van der Waals surface area contributed by atoms with Crippen molar-refractivity contribution >= 4 is 11.3 Å². The number of nitrogens with zero attached hydrogens (tertiary/aromatic N) is 3. The molecule has 6 heteroatoms. The lowest BCUT2D eigenvalue weighted by Crippen LogP contribution is -2.40. The van der Waals surface area contributed by atoms with Gasteiger partial charge in [-0.2, -0.15) is 0 Å². The van der Waals surface area contributed by atoms with Crippen molar-refractivity contribution in [2.24, 2.45) is 5.41 Å². The van der Waals surface area contributed by atoms with Gasteiger partial charge in [0.1, 0.15) is 17.4 Å². The lowest BCUT2D eigenvalue weighted by molar-refractivity contribution is 0.0470. The second-order valence-electron chi connectivity index (χ2n) is 6.84. The number of hydrogen-bond donors (Lipinski definition) is 0. The third-order valence-corrected chi connectivity index (χ3v) is 5.88. The first kappa shape index (κ1) is 16.0. The minimum absolute atomic E-state index is 0.204. The molecular weight excluding hydrogens is 322 g/mol.